The minimum absolute atomic E-state index is 0.0652. The van der Waals surface area contributed by atoms with E-state index < -0.39 is 0 Å². The van der Waals surface area contributed by atoms with Crippen LogP contribution >= 0.6 is 11.6 Å². The molecule has 0 saturated heterocycles. The highest BCUT2D eigenvalue weighted by Crippen LogP contribution is 2.22. The van der Waals surface area contributed by atoms with E-state index in [-0.39, 0.29) is 12.0 Å². The van der Waals surface area contributed by atoms with Gasteiger partial charge in [0.2, 0.25) is 0 Å². The number of unbranched alkanes of at least 4 members (excludes halogenated alkanes) is 11. The van der Waals surface area contributed by atoms with Crippen molar-refractivity contribution in [1.82, 2.24) is 0 Å². The van der Waals surface area contributed by atoms with Crippen molar-refractivity contribution in [3.63, 3.8) is 0 Å². The maximum absolute atomic E-state index is 12.7. The first-order chi connectivity index (χ1) is 14.9. The molecule has 3 nitrogen and oxygen atoms in total. The van der Waals surface area contributed by atoms with Gasteiger partial charge >= 0.3 is 5.97 Å². The first kappa shape index (κ1) is 28.0. The van der Waals surface area contributed by atoms with Gasteiger partial charge in [-0.25, -0.2) is 4.79 Å². The zero-order valence-electron chi connectivity index (χ0n) is 20.6. The zero-order chi connectivity index (χ0) is 23.0. The molecule has 0 spiro atoms. The fourth-order valence-corrected chi connectivity index (χ4v) is 4.47. The molecule has 0 N–H and O–H groups in total. The number of benzene rings is 1. The number of likely N-dealkylation sites (N-methyl/N-ethyl adjacent to an activating group) is 1. The van der Waals surface area contributed by atoms with Gasteiger partial charge in [-0.1, -0.05) is 101 Å². The average molecular weight is 453 g/mol. The van der Waals surface area contributed by atoms with E-state index in [1.54, 1.807) is 0 Å². The van der Waals surface area contributed by atoms with Gasteiger partial charge in [0.05, 0.1) is 20.7 Å². The minimum atomic E-state index is -0.126. The second-order valence-corrected chi connectivity index (χ2v) is 9.95. The minimum Gasteiger partial charge on any atom is -0.462 e. The number of nitrogens with zero attached hydrogens (tertiary/aromatic N) is 1. The number of esters is 1. The molecule has 31 heavy (non-hydrogen) atoms. The van der Waals surface area contributed by atoms with Gasteiger partial charge in [0.1, 0.15) is 6.54 Å². The van der Waals surface area contributed by atoms with Crippen LogP contribution in [-0.2, 0) is 16.1 Å². The van der Waals surface area contributed by atoms with Crippen LogP contribution in [0.4, 0.5) is 0 Å². The third kappa shape index (κ3) is 12.5. The molecule has 1 aromatic rings. The molecule has 0 aliphatic carbocycles. The molecule has 1 atom stereocenters. The Bertz CT molecular complexity index is 585. The van der Waals surface area contributed by atoms with E-state index in [0.29, 0.717) is 11.1 Å². The second-order valence-electron chi connectivity index (χ2n) is 9.51. The van der Waals surface area contributed by atoms with E-state index in [9.17, 15) is 4.79 Å². The van der Waals surface area contributed by atoms with Crippen LogP contribution in [0.1, 0.15) is 103 Å². The van der Waals surface area contributed by atoms with Gasteiger partial charge in [-0.05, 0) is 25.5 Å². The molecule has 0 radical (unpaired) electrons. The molecule has 0 saturated carbocycles. The van der Waals surface area contributed by atoms with Crippen molar-refractivity contribution in [3.8, 4) is 0 Å². The highest BCUT2D eigenvalue weighted by atomic mass is 35.5. The van der Waals surface area contributed by atoms with Crippen LogP contribution in [0.5, 0.6) is 0 Å². The molecule has 4 heteroatoms. The van der Waals surface area contributed by atoms with Crippen LogP contribution in [0.2, 0.25) is 5.02 Å². The van der Waals surface area contributed by atoms with E-state index in [0.717, 1.165) is 24.4 Å². The van der Waals surface area contributed by atoms with Gasteiger partial charge < -0.3 is 9.22 Å². The molecule has 178 valence electrons. The number of hydrogen-bond acceptors (Lipinski definition) is 2. The highest BCUT2D eigenvalue weighted by Gasteiger charge is 2.35. The Hall–Kier alpha value is -1.06. The largest absolute Gasteiger partial charge is 0.462 e. The van der Waals surface area contributed by atoms with Crippen molar-refractivity contribution in [1.29, 1.82) is 0 Å². The fourth-order valence-electron chi connectivity index (χ4n) is 4.34. The molecule has 0 bridgehead atoms. The van der Waals surface area contributed by atoms with E-state index in [1.165, 1.54) is 76.2 Å². The lowest BCUT2D eigenvalue weighted by molar-refractivity contribution is -0.920. The molecule has 0 aliphatic rings. The number of halogens is 1. The van der Waals surface area contributed by atoms with E-state index in [4.69, 9.17) is 16.3 Å². The van der Waals surface area contributed by atoms with E-state index in [2.05, 4.69) is 21.0 Å². The molecule has 0 amide bonds. The molecular weight excluding hydrogens is 406 g/mol. The maximum atomic E-state index is 12.7. The smallest absolute Gasteiger partial charge is 0.364 e. The number of ether oxygens (including phenoxy) is 1. The molecule has 1 aromatic carbocycles. The molecule has 0 heterocycles. The van der Waals surface area contributed by atoms with Crippen molar-refractivity contribution < 1.29 is 14.0 Å². The topological polar surface area (TPSA) is 26.3 Å². The lowest BCUT2D eigenvalue weighted by Crippen LogP contribution is -2.52. The first-order valence-corrected chi connectivity index (χ1v) is 13.0. The van der Waals surface area contributed by atoms with Crippen molar-refractivity contribution in [3.05, 3.63) is 34.9 Å². The summed E-state index contributed by atoms with van der Waals surface area (Å²) in [5.41, 5.74) is 1.19. The third-order valence-electron chi connectivity index (χ3n) is 6.24. The van der Waals surface area contributed by atoms with Crippen molar-refractivity contribution >= 4 is 17.6 Å². The highest BCUT2D eigenvalue weighted by molar-refractivity contribution is 6.30. The Morgan fingerprint density at radius 1 is 0.839 bits per heavy atom. The summed E-state index contributed by atoms with van der Waals surface area (Å²) in [4.78, 5) is 12.7. The van der Waals surface area contributed by atoms with Crippen LogP contribution in [-0.4, -0.2) is 37.2 Å². The molecule has 1 rings (SSSR count). The Morgan fingerprint density at radius 3 is 1.81 bits per heavy atom. The Balaban J connectivity index is 2.34. The van der Waals surface area contributed by atoms with Gasteiger partial charge in [0, 0.05) is 17.0 Å². The van der Waals surface area contributed by atoms with Crippen molar-refractivity contribution in [2.24, 2.45) is 0 Å². The summed E-state index contributed by atoms with van der Waals surface area (Å²) in [6.45, 7) is 5.39. The van der Waals surface area contributed by atoms with Gasteiger partial charge in [-0.2, -0.15) is 0 Å². The molecule has 0 aliphatic heterocycles. The van der Waals surface area contributed by atoms with E-state index in [1.807, 2.05) is 31.2 Å². The molecule has 0 aromatic heterocycles. The van der Waals surface area contributed by atoms with Crippen LogP contribution in [0.15, 0.2) is 24.3 Å². The lowest BCUT2D eigenvalue weighted by Gasteiger charge is -2.36. The van der Waals surface area contributed by atoms with Crippen molar-refractivity contribution in [2.75, 3.05) is 20.7 Å². The molecular formula is C27H47ClNO2+. The summed E-state index contributed by atoms with van der Waals surface area (Å²) in [6, 6.07) is 7.81. The Kier molecular flexibility index (Phi) is 14.9. The normalized spacial score (nSPS) is 12.7. The average Bonchev–Trinajstić information content (AvgIpc) is 2.73. The summed E-state index contributed by atoms with van der Waals surface area (Å²) in [5.74, 6) is -0.0652. The summed E-state index contributed by atoms with van der Waals surface area (Å²) >= 11 is 6.02. The van der Waals surface area contributed by atoms with Crippen LogP contribution in [0.25, 0.3) is 0 Å². The SMILES string of the molecule is CCCCCCCCCCCCCC[C@H](C(=O)OCC)[N+](C)(C)Cc1ccc(Cl)cc1. The number of carbonyl (C=O) groups is 1. The second kappa shape index (κ2) is 16.6. The standard InChI is InChI=1S/C27H47ClNO2/c1-5-7-8-9-10-11-12-13-14-15-16-17-18-26(27(30)31-6-2)29(3,4)23-24-19-21-25(28)22-20-24/h19-22,26H,5-18,23H2,1-4H3/q+1/t26-/m1/s1. The summed E-state index contributed by atoms with van der Waals surface area (Å²) in [6.07, 6.45) is 16.8. The summed E-state index contributed by atoms with van der Waals surface area (Å²) in [5, 5.41) is 0.743. The zero-order valence-corrected chi connectivity index (χ0v) is 21.4. The Morgan fingerprint density at radius 2 is 1.32 bits per heavy atom. The third-order valence-corrected chi connectivity index (χ3v) is 6.49. The van der Waals surface area contributed by atoms with Crippen LogP contribution < -0.4 is 0 Å². The molecule has 0 unspecified atom stereocenters. The number of carbonyl (C=O) groups excluding carboxylic acids is 1. The van der Waals surface area contributed by atoms with E-state index >= 15 is 0 Å². The predicted molar refractivity (Wildman–Crippen MR) is 133 cm³/mol. The van der Waals surface area contributed by atoms with Gasteiger partial charge in [0.25, 0.3) is 0 Å². The maximum Gasteiger partial charge on any atom is 0.364 e. The number of quaternary nitrogens is 1. The lowest BCUT2D eigenvalue weighted by atomic mass is 10.0. The van der Waals surface area contributed by atoms with Crippen molar-refractivity contribution in [2.45, 2.75) is 110 Å². The van der Waals surface area contributed by atoms with Gasteiger partial charge in [-0.3, -0.25) is 0 Å². The molecule has 0 fully saturated rings. The summed E-state index contributed by atoms with van der Waals surface area (Å²) in [7, 11) is 4.27. The number of rotatable bonds is 18. The fraction of sp³-hybridized carbons (Fsp3) is 0.741. The number of hydrogen-bond donors (Lipinski definition) is 0. The summed E-state index contributed by atoms with van der Waals surface area (Å²) < 4.78 is 6.04. The monoisotopic (exact) mass is 452 g/mol. The Labute approximate surface area is 197 Å². The quantitative estimate of drug-likeness (QED) is 0.128. The van der Waals surface area contributed by atoms with Gasteiger partial charge in [-0.15, -0.1) is 0 Å². The van der Waals surface area contributed by atoms with Gasteiger partial charge in [0.15, 0.2) is 6.04 Å². The first-order valence-electron chi connectivity index (χ1n) is 12.6. The van der Waals surface area contributed by atoms with Crippen LogP contribution in [0.3, 0.4) is 0 Å². The van der Waals surface area contributed by atoms with Crippen LogP contribution in [0, 0.1) is 0 Å². The predicted octanol–water partition coefficient (Wildman–Crippen LogP) is 7.94.